The van der Waals surface area contributed by atoms with Crippen molar-refractivity contribution in [3.8, 4) is 0 Å². The number of hydrogen-bond acceptors (Lipinski definition) is 2. The second-order valence-corrected chi connectivity index (χ2v) is 3.52. The van der Waals surface area contributed by atoms with Crippen LogP contribution >= 0.6 is 0 Å². The monoisotopic (exact) mass is 170 g/mol. The Balaban J connectivity index is 2.67. The fraction of sp³-hybridized carbons (Fsp3) is 0.667. The number of rotatable bonds is 2. The number of ether oxygens (including phenoxy) is 1. The third-order valence-electron chi connectivity index (χ3n) is 2.06. The summed E-state index contributed by atoms with van der Waals surface area (Å²) in [6.45, 7) is 6.03. The van der Waals surface area contributed by atoms with Gasteiger partial charge in [-0.2, -0.15) is 0 Å². The molecule has 1 rings (SSSR count). The lowest BCUT2D eigenvalue weighted by atomic mass is 9.96. The molecular weight excluding hydrogens is 156 g/mol. The van der Waals surface area contributed by atoms with Crippen molar-refractivity contribution in [2.24, 2.45) is 11.8 Å². The SMILES string of the molecule is CC(C)C1OC(C(=O)O)=CC1C. The lowest BCUT2D eigenvalue weighted by Crippen LogP contribution is -2.21. The number of carboxylic acids is 1. The molecule has 3 heteroatoms. The topological polar surface area (TPSA) is 46.5 Å². The number of aliphatic carboxylic acids is 1. The van der Waals surface area contributed by atoms with Crippen LogP contribution in [0.5, 0.6) is 0 Å². The molecule has 0 fully saturated rings. The molecular formula is C9H14O3. The van der Waals surface area contributed by atoms with E-state index in [1.54, 1.807) is 6.08 Å². The Bertz CT molecular complexity index is 218. The van der Waals surface area contributed by atoms with Crippen LogP contribution in [-0.4, -0.2) is 17.2 Å². The van der Waals surface area contributed by atoms with E-state index in [0.717, 1.165) is 0 Å². The normalized spacial score (nSPS) is 28.5. The van der Waals surface area contributed by atoms with Crippen LogP contribution in [0.3, 0.4) is 0 Å². The first-order chi connectivity index (χ1) is 5.52. The summed E-state index contributed by atoms with van der Waals surface area (Å²) in [7, 11) is 0. The van der Waals surface area contributed by atoms with Crippen LogP contribution in [-0.2, 0) is 9.53 Å². The van der Waals surface area contributed by atoms with Crippen molar-refractivity contribution < 1.29 is 14.6 Å². The molecule has 12 heavy (non-hydrogen) atoms. The molecule has 0 aromatic rings. The average molecular weight is 170 g/mol. The molecule has 0 bridgehead atoms. The zero-order chi connectivity index (χ0) is 9.30. The summed E-state index contributed by atoms with van der Waals surface area (Å²) < 4.78 is 5.26. The predicted molar refractivity (Wildman–Crippen MR) is 44.6 cm³/mol. The van der Waals surface area contributed by atoms with Crippen molar-refractivity contribution in [3.63, 3.8) is 0 Å². The summed E-state index contributed by atoms with van der Waals surface area (Å²) in [5.74, 6) is -0.310. The molecule has 1 aliphatic heterocycles. The molecule has 68 valence electrons. The lowest BCUT2D eigenvalue weighted by molar-refractivity contribution is -0.137. The van der Waals surface area contributed by atoms with Crippen molar-refractivity contribution in [2.45, 2.75) is 26.9 Å². The van der Waals surface area contributed by atoms with E-state index in [1.807, 2.05) is 20.8 Å². The van der Waals surface area contributed by atoms with Crippen LogP contribution in [0.1, 0.15) is 20.8 Å². The van der Waals surface area contributed by atoms with Gasteiger partial charge in [-0.15, -0.1) is 0 Å². The predicted octanol–water partition coefficient (Wildman–Crippen LogP) is 1.65. The summed E-state index contributed by atoms with van der Waals surface area (Å²) in [5.41, 5.74) is 0. The largest absolute Gasteiger partial charge is 0.483 e. The zero-order valence-electron chi connectivity index (χ0n) is 7.57. The Labute approximate surface area is 72.0 Å². The van der Waals surface area contributed by atoms with Gasteiger partial charge < -0.3 is 9.84 Å². The standard InChI is InChI=1S/C9H14O3/c1-5(2)8-6(3)4-7(12-8)9(10)11/h4-6,8H,1-3H3,(H,10,11). The van der Waals surface area contributed by atoms with E-state index in [1.165, 1.54) is 0 Å². The third-order valence-corrected chi connectivity index (χ3v) is 2.06. The van der Waals surface area contributed by atoms with Crippen LogP contribution < -0.4 is 0 Å². The second-order valence-electron chi connectivity index (χ2n) is 3.52. The number of carbonyl (C=O) groups is 1. The Morgan fingerprint density at radius 2 is 2.25 bits per heavy atom. The molecule has 0 aromatic heterocycles. The first-order valence-corrected chi connectivity index (χ1v) is 4.14. The van der Waals surface area contributed by atoms with E-state index in [-0.39, 0.29) is 17.8 Å². The van der Waals surface area contributed by atoms with Crippen LogP contribution in [0.25, 0.3) is 0 Å². The van der Waals surface area contributed by atoms with Crippen molar-refractivity contribution in [1.82, 2.24) is 0 Å². The molecule has 1 aliphatic rings. The third kappa shape index (κ3) is 1.60. The fourth-order valence-electron chi connectivity index (χ4n) is 1.49. The molecule has 0 aliphatic carbocycles. The van der Waals surface area contributed by atoms with E-state index < -0.39 is 5.97 Å². The van der Waals surface area contributed by atoms with Gasteiger partial charge in [0.25, 0.3) is 0 Å². The molecule has 3 nitrogen and oxygen atoms in total. The number of carboxylic acid groups (broad SMARTS) is 1. The average Bonchev–Trinajstić information content (AvgIpc) is 2.30. The first kappa shape index (κ1) is 9.10. The van der Waals surface area contributed by atoms with Gasteiger partial charge in [0.15, 0.2) is 0 Å². The quantitative estimate of drug-likeness (QED) is 0.685. The van der Waals surface area contributed by atoms with E-state index in [4.69, 9.17) is 9.84 Å². The molecule has 0 saturated heterocycles. The maximum atomic E-state index is 10.5. The van der Waals surface area contributed by atoms with E-state index >= 15 is 0 Å². The zero-order valence-corrected chi connectivity index (χ0v) is 7.57. The molecule has 2 atom stereocenters. The van der Waals surface area contributed by atoms with E-state index in [2.05, 4.69) is 0 Å². The minimum Gasteiger partial charge on any atom is -0.483 e. The van der Waals surface area contributed by atoms with Crippen molar-refractivity contribution in [2.75, 3.05) is 0 Å². The minimum absolute atomic E-state index is 0.0242. The Morgan fingerprint density at radius 1 is 1.67 bits per heavy atom. The maximum Gasteiger partial charge on any atom is 0.370 e. The van der Waals surface area contributed by atoms with Gasteiger partial charge in [-0.3, -0.25) is 0 Å². The Hall–Kier alpha value is -0.990. The summed E-state index contributed by atoms with van der Waals surface area (Å²) >= 11 is 0. The molecule has 0 radical (unpaired) electrons. The van der Waals surface area contributed by atoms with Gasteiger partial charge >= 0.3 is 5.97 Å². The first-order valence-electron chi connectivity index (χ1n) is 4.14. The maximum absolute atomic E-state index is 10.5. The van der Waals surface area contributed by atoms with Crippen molar-refractivity contribution in [3.05, 3.63) is 11.8 Å². The highest BCUT2D eigenvalue weighted by Gasteiger charge is 2.31. The molecule has 0 amide bonds. The molecule has 0 aromatic carbocycles. The Morgan fingerprint density at radius 3 is 2.50 bits per heavy atom. The van der Waals surface area contributed by atoms with Crippen LogP contribution in [0.15, 0.2) is 11.8 Å². The van der Waals surface area contributed by atoms with Gasteiger partial charge in [0.2, 0.25) is 5.76 Å². The number of hydrogen-bond donors (Lipinski definition) is 1. The van der Waals surface area contributed by atoms with Crippen molar-refractivity contribution in [1.29, 1.82) is 0 Å². The van der Waals surface area contributed by atoms with E-state index in [0.29, 0.717) is 5.92 Å². The van der Waals surface area contributed by atoms with E-state index in [9.17, 15) is 4.79 Å². The minimum atomic E-state index is -0.968. The molecule has 1 heterocycles. The van der Waals surface area contributed by atoms with Gasteiger partial charge in [0, 0.05) is 5.92 Å². The Kier molecular flexibility index (Phi) is 2.40. The summed E-state index contributed by atoms with van der Waals surface area (Å²) in [6.07, 6.45) is 1.70. The molecule has 2 unspecified atom stereocenters. The van der Waals surface area contributed by atoms with Gasteiger partial charge in [0.1, 0.15) is 6.10 Å². The van der Waals surface area contributed by atoms with Crippen molar-refractivity contribution >= 4 is 5.97 Å². The van der Waals surface area contributed by atoms with Crippen LogP contribution in [0, 0.1) is 11.8 Å². The summed E-state index contributed by atoms with van der Waals surface area (Å²) in [6, 6.07) is 0. The molecule has 0 spiro atoms. The van der Waals surface area contributed by atoms with Gasteiger partial charge in [-0.1, -0.05) is 20.8 Å². The van der Waals surface area contributed by atoms with Crippen LogP contribution in [0.4, 0.5) is 0 Å². The lowest BCUT2D eigenvalue weighted by Gasteiger charge is -2.19. The van der Waals surface area contributed by atoms with Crippen LogP contribution in [0.2, 0.25) is 0 Å². The van der Waals surface area contributed by atoms with Gasteiger partial charge in [-0.05, 0) is 12.0 Å². The fourth-order valence-corrected chi connectivity index (χ4v) is 1.49. The highest BCUT2D eigenvalue weighted by atomic mass is 16.5. The summed E-state index contributed by atoms with van der Waals surface area (Å²) in [4.78, 5) is 10.5. The molecule has 0 saturated carbocycles. The summed E-state index contributed by atoms with van der Waals surface area (Å²) in [5, 5.41) is 8.64. The van der Waals surface area contributed by atoms with Gasteiger partial charge in [0.05, 0.1) is 0 Å². The highest BCUT2D eigenvalue weighted by Crippen LogP contribution is 2.28. The van der Waals surface area contributed by atoms with Gasteiger partial charge in [-0.25, -0.2) is 4.79 Å². The molecule has 1 N–H and O–H groups in total. The second kappa shape index (κ2) is 3.17. The highest BCUT2D eigenvalue weighted by molar-refractivity contribution is 5.84. The smallest absolute Gasteiger partial charge is 0.370 e.